The predicted molar refractivity (Wildman–Crippen MR) is 126 cm³/mol. The summed E-state index contributed by atoms with van der Waals surface area (Å²) in [5, 5.41) is 1.21. The smallest absolute Gasteiger partial charge is 0.234 e. The monoisotopic (exact) mass is 501 g/mol. The van der Waals surface area contributed by atoms with Crippen molar-refractivity contribution < 1.29 is 19.2 Å². The van der Waals surface area contributed by atoms with E-state index in [1.54, 1.807) is 4.90 Å². The third-order valence-corrected chi connectivity index (χ3v) is 7.87. The van der Waals surface area contributed by atoms with Gasteiger partial charge in [0.15, 0.2) is 0 Å². The van der Waals surface area contributed by atoms with Crippen molar-refractivity contribution in [1.82, 2.24) is 14.7 Å². The number of carbonyl (C=O) groups excluding carboxylic acids is 4. The van der Waals surface area contributed by atoms with Crippen molar-refractivity contribution in [3.63, 3.8) is 0 Å². The lowest BCUT2D eigenvalue weighted by molar-refractivity contribution is -0.145. The minimum absolute atomic E-state index is 0.00256. The Kier molecular flexibility index (Phi) is 6.35. The maximum atomic E-state index is 13.1. The van der Waals surface area contributed by atoms with Crippen LogP contribution in [-0.4, -0.2) is 51.7 Å². The zero-order valence-corrected chi connectivity index (χ0v) is 20.0. The molecule has 1 aromatic rings. The molecule has 0 bridgehead atoms. The second-order valence-corrected chi connectivity index (χ2v) is 10.4. The minimum Gasteiger partial charge on any atom is -0.274 e. The van der Waals surface area contributed by atoms with E-state index in [9.17, 15) is 19.2 Å². The summed E-state index contributed by atoms with van der Waals surface area (Å²) in [6.45, 7) is 0.378. The first-order valence-corrected chi connectivity index (χ1v) is 12.2. The van der Waals surface area contributed by atoms with E-state index in [1.807, 2.05) is 42.5 Å². The van der Waals surface area contributed by atoms with Gasteiger partial charge in [0.1, 0.15) is 0 Å². The molecule has 7 nitrogen and oxygen atoms in total. The number of fused-ring (bicyclic) bond motifs is 2. The van der Waals surface area contributed by atoms with Crippen LogP contribution in [0.25, 0.3) is 0 Å². The first-order chi connectivity index (χ1) is 16.3. The molecular formula is C25H25Cl2N3O4. The zero-order valence-electron chi connectivity index (χ0n) is 18.5. The van der Waals surface area contributed by atoms with Gasteiger partial charge in [0.05, 0.1) is 37.0 Å². The summed E-state index contributed by atoms with van der Waals surface area (Å²) in [6, 6.07) is 9.56. The van der Waals surface area contributed by atoms with Crippen LogP contribution >= 0.6 is 23.2 Å². The largest absolute Gasteiger partial charge is 0.274 e. The SMILES string of the molecule is O=C1C2CC=C(Cl)CC2C(=O)N1CN(Cc1ccccc1)CN1C(=O)C2CC=C(Cl)CC2C1=O. The summed E-state index contributed by atoms with van der Waals surface area (Å²) in [5.41, 5.74) is 0.949. The van der Waals surface area contributed by atoms with Crippen LogP contribution in [0.1, 0.15) is 31.2 Å². The van der Waals surface area contributed by atoms with E-state index in [1.165, 1.54) is 9.80 Å². The average molecular weight is 502 g/mol. The Morgan fingerprint density at radius 3 is 1.62 bits per heavy atom. The van der Waals surface area contributed by atoms with E-state index >= 15 is 0 Å². The fraction of sp³-hybridized carbons (Fsp3) is 0.440. The molecule has 5 rings (SSSR count). The van der Waals surface area contributed by atoms with Gasteiger partial charge in [-0.1, -0.05) is 65.7 Å². The number of hydrogen-bond donors (Lipinski definition) is 0. The fourth-order valence-electron chi connectivity index (χ4n) is 5.46. The van der Waals surface area contributed by atoms with Crippen molar-refractivity contribution in [2.75, 3.05) is 13.3 Å². The highest BCUT2D eigenvalue weighted by Gasteiger charge is 2.51. The molecule has 2 aliphatic carbocycles. The number of halogens is 2. The van der Waals surface area contributed by atoms with E-state index in [2.05, 4.69) is 0 Å². The van der Waals surface area contributed by atoms with Gasteiger partial charge in [0.2, 0.25) is 23.6 Å². The van der Waals surface area contributed by atoms with Crippen LogP contribution in [0.2, 0.25) is 0 Å². The van der Waals surface area contributed by atoms with Crippen molar-refractivity contribution in [2.24, 2.45) is 23.7 Å². The van der Waals surface area contributed by atoms with E-state index < -0.39 is 23.7 Å². The Balaban J connectivity index is 1.36. The third-order valence-electron chi connectivity index (χ3n) is 7.25. The molecule has 34 heavy (non-hydrogen) atoms. The van der Waals surface area contributed by atoms with Gasteiger partial charge in [-0.15, -0.1) is 0 Å². The molecule has 2 aliphatic heterocycles. The molecule has 0 N–H and O–H groups in total. The average Bonchev–Trinajstić information content (AvgIpc) is 3.19. The Hall–Kier alpha value is -2.48. The number of benzene rings is 1. The summed E-state index contributed by atoms with van der Waals surface area (Å²) < 4.78 is 0. The van der Waals surface area contributed by atoms with Crippen LogP contribution in [0.5, 0.6) is 0 Å². The molecule has 2 heterocycles. The van der Waals surface area contributed by atoms with Gasteiger partial charge in [0.25, 0.3) is 0 Å². The Morgan fingerprint density at radius 1 is 0.706 bits per heavy atom. The van der Waals surface area contributed by atoms with Crippen molar-refractivity contribution in [2.45, 2.75) is 32.2 Å². The van der Waals surface area contributed by atoms with Crippen LogP contribution in [-0.2, 0) is 25.7 Å². The predicted octanol–water partition coefficient (Wildman–Crippen LogP) is 3.44. The van der Waals surface area contributed by atoms with Gasteiger partial charge in [-0.2, -0.15) is 0 Å². The number of amides is 4. The van der Waals surface area contributed by atoms with Gasteiger partial charge < -0.3 is 0 Å². The minimum atomic E-state index is -0.449. The molecule has 178 valence electrons. The molecule has 9 heteroatoms. The molecule has 2 fully saturated rings. The number of hydrogen-bond acceptors (Lipinski definition) is 5. The molecule has 1 aromatic carbocycles. The summed E-state index contributed by atoms with van der Waals surface area (Å²) in [6.07, 6.45) is 5.24. The summed E-state index contributed by atoms with van der Waals surface area (Å²) in [7, 11) is 0. The van der Waals surface area contributed by atoms with Crippen molar-refractivity contribution in [3.8, 4) is 0 Å². The maximum Gasteiger partial charge on any atom is 0.234 e. The van der Waals surface area contributed by atoms with Gasteiger partial charge in [0, 0.05) is 16.6 Å². The Bertz CT molecular complexity index is 1040. The van der Waals surface area contributed by atoms with Crippen LogP contribution in [0.4, 0.5) is 0 Å². The highest BCUT2D eigenvalue weighted by molar-refractivity contribution is 6.30. The first-order valence-electron chi connectivity index (χ1n) is 11.5. The Labute approximate surface area is 207 Å². The fourth-order valence-corrected chi connectivity index (χ4v) is 5.97. The van der Waals surface area contributed by atoms with Gasteiger partial charge in [-0.05, 0) is 31.2 Å². The molecule has 0 saturated carbocycles. The number of allylic oxidation sites excluding steroid dienone is 4. The molecule has 0 radical (unpaired) electrons. The molecule has 0 aromatic heterocycles. The molecule has 4 aliphatic rings. The van der Waals surface area contributed by atoms with Gasteiger partial charge in [-0.3, -0.25) is 33.9 Å². The third kappa shape index (κ3) is 4.21. The van der Waals surface area contributed by atoms with E-state index in [0.717, 1.165) is 5.56 Å². The first kappa shape index (κ1) is 23.3. The number of rotatable bonds is 6. The van der Waals surface area contributed by atoms with E-state index in [-0.39, 0.29) is 37.0 Å². The highest BCUT2D eigenvalue weighted by atomic mass is 35.5. The second-order valence-electron chi connectivity index (χ2n) is 9.41. The van der Waals surface area contributed by atoms with Crippen molar-refractivity contribution in [1.29, 1.82) is 0 Å². The standard InChI is InChI=1S/C25H25Cl2N3O4/c26-16-6-8-18-20(10-16)24(33)29(22(18)31)13-28(12-15-4-2-1-3-5-15)14-30-23(32)19-9-7-17(27)11-21(19)25(30)34/h1-7,18-21H,8-14H2. The highest BCUT2D eigenvalue weighted by Crippen LogP contribution is 2.40. The van der Waals surface area contributed by atoms with Gasteiger partial charge >= 0.3 is 0 Å². The summed E-state index contributed by atoms with van der Waals surface area (Å²) in [5.74, 6) is -2.65. The molecule has 4 atom stereocenters. The summed E-state index contributed by atoms with van der Waals surface area (Å²) in [4.78, 5) is 56.7. The number of nitrogens with zero attached hydrogens (tertiary/aromatic N) is 3. The Morgan fingerprint density at radius 2 is 1.15 bits per heavy atom. The van der Waals surface area contributed by atoms with Crippen LogP contribution in [0.3, 0.4) is 0 Å². The van der Waals surface area contributed by atoms with E-state index in [0.29, 0.717) is 42.3 Å². The molecule has 4 amide bonds. The molecule has 4 unspecified atom stereocenters. The molecule has 0 spiro atoms. The van der Waals surface area contributed by atoms with Crippen LogP contribution in [0.15, 0.2) is 52.5 Å². The lowest BCUT2D eigenvalue weighted by Crippen LogP contribution is -2.48. The quantitative estimate of drug-likeness (QED) is 0.557. The number of imide groups is 2. The number of carbonyl (C=O) groups is 4. The normalized spacial score (nSPS) is 28.9. The lowest BCUT2D eigenvalue weighted by Gasteiger charge is -2.30. The van der Waals surface area contributed by atoms with Gasteiger partial charge in [-0.25, -0.2) is 0 Å². The van der Waals surface area contributed by atoms with E-state index in [4.69, 9.17) is 23.2 Å². The zero-order chi connectivity index (χ0) is 24.0. The van der Waals surface area contributed by atoms with Crippen LogP contribution in [0, 0.1) is 23.7 Å². The van der Waals surface area contributed by atoms with Crippen molar-refractivity contribution in [3.05, 3.63) is 58.1 Å². The second kappa shape index (κ2) is 9.29. The molecular weight excluding hydrogens is 477 g/mol. The molecule has 2 saturated heterocycles. The van der Waals surface area contributed by atoms with Crippen molar-refractivity contribution >= 4 is 46.8 Å². The maximum absolute atomic E-state index is 13.1. The topological polar surface area (TPSA) is 78.0 Å². The lowest BCUT2D eigenvalue weighted by atomic mass is 9.85. The number of likely N-dealkylation sites (tertiary alicyclic amines) is 2. The summed E-state index contributed by atoms with van der Waals surface area (Å²) >= 11 is 12.3. The van der Waals surface area contributed by atoms with Crippen LogP contribution < -0.4 is 0 Å².